The van der Waals surface area contributed by atoms with Crippen molar-refractivity contribution < 1.29 is 28.0 Å². The minimum Gasteiger partial charge on any atom is -0.489 e. The first kappa shape index (κ1) is 24.0. The molecule has 8 heteroatoms. The van der Waals surface area contributed by atoms with E-state index >= 15 is 0 Å². The maximum atomic E-state index is 13.1. The van der Waals surface area contributed by atoms with Crippen molar-refractivity contribution in [2.45, 2.75) is 52.9 Å². The first-order valence-corrected chi connectivity index (χ1v) is 10.6. The number of carbonyl (C=O) groups is 2. The van der Waals surface area contributed by atoms with Crippen LogP contribution in [0.3, 0.4) is 0 Å². The van der Waals surface area contributed by atoms with Crippen LogP contribution in [0.4, 0.5) is 4.39 Å². The smallest absolute Gasteiger partial charge is 0.311 e. The van der Waals surface area contributed by atoms with Gasteiger partial charge in [0.05, 0.1) is 23.7 Å². The molecule has 1 aromatic heterocycles. The molecule has 0 aliphatic carbocycles. The third kappa shape index (κ3) is 6.65. The number of aryl methyl sites for hydroxylation is 2. The van der Waals surface area contributed by atoms with Gasteiger partial charge >= 0.3 is 5.97 Å². The Morgan fingerprint density at radius 1 is 1.06 bits per heavy atom. The van der Waals surface area contributed by atoms with E-state index in [0.717, 1.165) is 28.1 Å². The van der Waals surface area contributed by atoms with Crippen LogP contribution in [-0.4, -0.2) is 23.1 Å². The Kier molecular flexibility index (Phi) is 7.82. The molecule has 1 amide bonds. The molecular formula is C25H27FN2O5. The molecule has 0 radical (unpaired) electrons. The van der Waals surface area contributed by atoms with E-state index in [1.165, 1.54) is 19.1 Å². The van der Waals surface area contributed by atoms with Gasteiger partial charge in [-0.3, -0.25) is 9.59 Å². The Bertz CT molecular complexity index is 1070. The van der Waals surface area contributed by atoms with Gasteiger partial charge in [-0.25, -0.2) is 4.39 Å². The summed E-state index contributed by atoms with van der Waals surface area (Å²) in [6, 6.07) is 12.6. The molecule has 0 spiro atoms. The van der Waals surface area contributed by atoms with Crippen LogP contribution >= 0.6 is 0 Å². The molecule has 2 unspecified atom stereocenters. The van der Waals surface area contributed by atoms with Crippen LogP contribution in [0.1, 0.15) is 48.0 Å². The zero-order valence-electron chi connectivity index (χ0n) is 19.1. The molecule has 2 aromatic carbocycles. The van der Waals surface area contributed by atoms with Crippen molar-refractivity contribution in [1.82, 2.24) is 10.5 Å². The van der Waals surface area contributed by atoms with Gasteiger partial charge in [0.2, 0.25) is 0 Å². The van der Waals surface area contributed by atoms with E-state index in [2.05, 4.69) is 10.5 Å². The molecule has 0 aliphatic rings. The van der Waals surface area contributed by atoms with Crippen molar-refractivity contribution in [3.05, 3.63) is 82.5 Å². The first-order valence-electron chi connectivity index (χ1n) is 10.6. The summed E-state index contributed by atoms with van der Waals surface area (Å²) in [5, 5.41) is 6.66. The standard InChI is InChI=1S/C25H27FN2O5/c1-15(20-7-9-21(26)10-8-20)27-25(30)18(4)32-24(29)13-19-5-11-22(12-6-19)31-14-23-16(2)28-33-17(23)3/h5-12,15,18H,13-14H2,1-4H3,(H,27,30). The molecule has 0 saturated carbocycles. The average Bonchev–Trinajstić information content (AvgIpc) is 3.10. The molecular weight excluding hydrogens is 427 g/mol. The van der Waals surface area contributed by atoms with Gasteiger partial charge in [-0.2, -0.15) is 0 Å². The second-order valence-electron chi connectivity index (χ2n) is 7.83. The molecule has 2 atom stereocenters. The number of hydrogen-bond acceptors (Lipinski definition) is 6. The Hall–Kier alpha value is -3.68. The quantitative estimate of drug-likeness (QED) is 0.483. The summed E-state index contributed by atoms with van der Waals surface area (Å²) in [6.45, 7) is 7.31. The van der Waals surface area contributed by atoms with Gasteiger partial charge in [-0.05, 0) is 63.1 Å². The minimum absolute atomic E-state index is 0.0231. The number of nitrogens with zero attached hydrogens (tertiary/aromatic N) is 1. The molecule has 0 aliphatic heterocycles. The van der Waals surface area contributed by atoms with Crippen molar-refractivity contribution >= 4 is 11.9 Å². The fourth-order valence-electron chi connectivity index (χ4n) is 3.19. The van der Waals surface area contributed by atoms with E-state index in [1.54, 1.807) is 43.3 Å². The summed E-state index contributed by atoms with van der Waals surface area (Å²) >= 11 is 0. The number of aromatic nitrogens is 1. The lowest BCUT2D eigenvalue weighted by molar-refractivity contribution is -0.154. The second-order valence-corrected chi connectivity index (χ2v) is 7.83. The summed E-state index contributed by atoms with van der Waals surface area (Å²) in [6.07, 6.45) is -0.937. The fraction of sp³-hybridized carbons (Fsp3) is 0.320. The van der Waals surface area contributed by atoms with Gasteiger partial charge in [0.15, 0.2) is 6.10 Å². The second kappa shape index (κ2) is 10.8. The molecule has 3 rings (SSSR count). The predicted octanol–water partition coefficient (Wildman–Crippen LogP) is 4.36. The Balaban J connectivity index is 1.46. The largest absolute Gasteiger partial charge is 0.489 e. The summed E-state index contributed by atoms with van der Waals surface area (Å²) in [5.74, 6) is 0.0751. The maximum Gasteiger partial charge on any atom is 0.311 e. The van der Waals surface area contributed by atoms with Crippen LogP contribution in [0.15, 0.2) is 53.1 Å². The Morgan fingerprint density at radius 2 is 1.73 bits per heavy atom. The van der Waals surface area contributed by atoms with E-state index in [1.807, 2.05) is 13.8 Å². The van der Waals surface area contributed by atoms with Crippen molar-refractivity contribution in [2.75, 3.05) is 0 Å². The molecule has 0 fully saturated rings. The van der Waals surface area contributed by atoms with Crippen LogP contribution in [0.5, 0.6) is 5.75 Å². The number of amides is 1. The third-order valence-electron chi connectivity index (χ3n) is 5.24. The van der Waals surface area contributed by atoms with Gasteiger partial charge in [-0.1, -0.05) is 29.4 Å². The normalized spacial score (nSPS) is 12.6. The Labute approximate surface area is 191 Å². The topological polar surface area (TPSA) is 90.7 Å². The number of hydrogen-bond donors (Lipinski definition) is 1. The van der Waals surface area contributed by atoms with Gasteiger partial charge in [0.1, 0.15) is 23.9 Å². The van der Waals surface area contributed by atoms with Crippen LogP contribution in [0.2, 0.25) is 0 Å². The highest BCUT2D eigenvalue weighted by atomic mass is 19.1. The maximum absolute atomic E-state index is 13.1. The summed E-state index contributed by atoms with van der Waals surface area (Å²) in [4.78, 5) is 24.6. The summed E-state index contributed by atoms with van der Waals surface area (Å²) in [5.41, 5.74) is 3.18. The lowest BCUT2D eigenvalue weighted by atomic mass is 10.1. The van der Waals surface area contributed by atoms with Crippen LogP contribution in [-0.2, 0) is 27.4 Å². The van der Waals surface area contributed by atoms with E-state index < -0.39 is 18.0 Å². The number of rotatable bonds is 9. The van der Waals surface area contributed by atoms with Crippen molar-refractivity contribution in [2.24, 2.45) is 0 Å². The summed E-state index contributed by atoms with van der Waals surface area (Å²) < 4.78 is 29.2. The van der Waals surface area contributed by atoms with E-state index in [0.29, 0.717) is 12.4 Å². The lowest BCUT2D eigenvalue weighted by Gasteiger charge is -2.18. The highest BCUT2D eigenvalue weighted by molar-refractivity contribution is 5.84. The zero-order chi connectivity index (χ0) is 24.0. The van der Waals surface area contributed by atoms with E-state index in [9.17, 15) is 14.0 Å². The van der Waals surface area contributed by atoms with E-state index in [4.69, 9.17) is 14.0 Å². The number of ether oxygens (including phenoxy) is 2. The Morgan fingerprint density at radius 3 is 2.33 bits per heavy atom. The molecule has 0 saturated heterocycles. The molecule has 174 valence electrons. The fourth-order valence-corrected chi connectivity index (χ4v) is 3.19. The number of nitrogens with one attached hydrogen (secondary N) is 1. The number of esters is 1. The van der Waals surface area contributed by atoms with E-state index in [-0.39, 0.29) is 18.3 Å². The number of benzene rings is 2. The van der Waals surface area contributed by atoms with Gasteiger partial charge in [-0.15, -0.1) is 0 Å². The molecule has 7 nitrogen and oxygen atoms in total. The molecule has 33 heavy (non-hydrogen) atoms. The SMILES string of the molecule is Cc1noc(C)c1COc1ccc(CC(=O)OC(C)C(=O)NC(C)c2ccc(F)cc2)cc1. The van der Waals surface area contributed by atoms with Crippen molar-refractivity contribution in [3.63, 3.8) is 0 Å². The van der Waals surface area contributed by atoms with Gasteiger partial charge in [0.25, 0.3) is 5.91 Å². The van der Waals surface area contributed by atoms with Crippen LogP contribution in [0.25, 0.3) is 0 Å². The molecule has 0 bridgehead atoms. The van der Waals surface area contributed by atoms with Crippen LogP contribution in [0, 0.1) is 19.7 Å². The van der Waals surface area contributed by atoms with Crippen molar-refractivity contribution in [1.29, 1.82) is 0 Å². The van der Waals surface area contributed by atoms with Gasteiger partial charge < -0.3 is 19.3 Å². The number of halogens is 1. The predicted molar refractivity (Wildman–Crippen MR) is 119 cm³/mol. The van der Waals surface area contributed by atoms with Crippen molar-refractivity contribution in [3.8, 4) is 5.75 Å². The minimum atomic E-state index is -0.960. The third-order valence-corrected chi connectivity index (χ3v) is 5.24. The highest BCUT2D eigenvalue weighted by Crippen LogP contribution is 2.18. The zero-order valence-corrected chi connectivity index (χ0v) is 19.1. The summed E-state index contributed by atoms with van der Waals surface area (Å²) in [7, 11) is 0. The molecule has 1 N–H and O–H groups in total. The lowest BCUT2D eigenvalue weighted by Crippen LogP contribution is -2.37. The van der Waals surface area contributed by atoms with Crippen LogP contribution < -0.4 is 10.1 Å². The molecule has 3 aromatic rings. The average molecular weight is 454 g/mol. The number of carbonyl (C=O) groups excluding carboxylic acids is 2. The highest BCUT2D eigenvalue weighted by Gasteiger charge is 2.20. The molecule has 1 heterocycles. The monoisotopic (exact) mass is 454 g/mol. The van der Waals surface area contributed by atoms with Gasteiger partial charge in [0, 0.05) is 0 Å². The first-order chi connectivity index (χ1) is 15.7.